The van der Waals surface area contributed by atoms with Crippen molar-refractivity contribution in [2.24, 2.45) is 0 Å². The molecule has 6 heteroatoms. The molecule has 0 aromatic heterocycles. The van der Waals surface area contributed by atoms with Crippen LogP contribution in [0.2, 0.25) is 0 Å². The zero-order valence-corrected chi connectivity index (χ0v) is 8.40. The molecule has 2 N–H and O–H groups in total. The lowest BCUT2D eigenvalue weighted by Crippen LogP contribution is -2.24. The fraction of sp³-hybridized carbons (Fsp3) is 0.222. The van der Waals surface area contributed by atoms with Gasteiger partial charge in [0.1, 0.15) is 0 Å². The van der Waals surface area contributed by atoms with E-state index in [9.17, 15) is 14.9 Å². The van der Waals surface area contributed by atoms with Crippen LogP contribution in [0.1, 0.15) is 5.56 Å². The van der Waals surface area contributed by atoms with E-state index in [4.69, 9.17) is 0 Å². The molecular formula is C9H11N3O3. The molecule has 0 spiro atoms. The van der Waals surface area contributed by atoms with Crippen molar-refractivity contribution >= 4 is 17.4 Å². The van der Waals surface area contributed by atoms with Gasteiger partial charge in [0.25, 0.3) is 5.69 Å². The average molecular weight is 209 g/mol. The number of urea groups is 1. The lowest BCUT2D eigenvalue weighted by Gasteiger charge is -2.05. The van der Waals surface area contributed by atoms with E-state index >= 15 is 0 Å². The molecule has 0 atom stereocenters. The highest BCUT2D eigenvalue weighted by Gasteiger charge is 2.10. The quantitative estimate of drug-likeness (QED) is 0.573. The number of nitro benzene ring substituents is 1. The Labute approximate surface area is 86.4 Å². The molecule has 0 radical (unpaired) electrons. The molecule has 1 rings (SSSR count). The predicted octanol–water partition coefficient (Wildman–Crippen LogP) is 1.65. The minimum absolute atomic E-state index is 0.0393. The second-order valence-corrected chi connectivity index (χ2v) is 2.96. The molecule has 0 aliphatic heterocycles. The minimum atomic E-state index is -0.459. The summed E-state index contributed by atoms with van der Waals surface area (Å²) in [6.07, 6.45) is 0. The van der Waals surface area contributed by atoms with Gasteiger partial charge in [-0.25, -0.2) is 4.79 Å². The second-order valence-electron chi connectivity index (χ2n) is 2.96. The van der Waals surface area contributed by atoms with E-state index in [0.29, 0.717) is 11.3 Å². The summed E-state index contributed by atoms with van der Waals surface area (Å²) in [6, 6.07) is 4.04. The Balaban J connectivity index is 2.91. The zero-order chi connectivity index (χ0) is 11.4. The molecule has 1 aromatic rings. The number of aryl methyl sites for hydroxylation is 1. The van der Waals surface area contributed by atoms with Crippen LogP contribution in [0.25, 0.3) is 0 Å². The van der Waals surface area contributed by atoms with Gasteiger partial charge in [-0.15, -0.1) is 0 Å². The highest BCUT2D eigenvalue weighted by Crippen LogP contribution is 2.21. The molecule has 15 heavy (non-hydrogen) atoms. The molecule has 0 heterocycles. The molecule has 1 aromatic carbocycles. The Morgan fingerprint density at radius 2 is 2.13 bits per heavy atom. The number of hydrogen-bond acceptors (Lipinski definition) is 3. The maximum absolute atomic E-state index is 11.0. The molecule has 0 unspecified atom stereocenters. The van der Waals surface area contributed by atoms with Crippen molar-refractivity contribution in [1.29, 1.82) is 0 Å². The monoisotopic (exact) mass is 209 g/mol. The van der Waals surface area contributed by atoms with Crippen LogP contribution in [-0.2, 0) is 0 Å². The number of benzene rings is 1. The summed E-state index contributed by atoms with van der Waals surface area (Å²) in [4.78, 5) is 21.0. The van der Waals surface area contributed by atoms with Gasteiger partial charge in [-0.2, -0.15) is 0 Å². The van der Waals surface area contributed by atoms with E-state index in [0.717, 1.165) is 0 Å². The maximum atomic E-state index is 11.0. The number of nitrogens with one attached hydrogen (secondary N) is 2. The Hall–Kier alpha value is -2.11. The molecule has 2 amide bonds. The van der Waals surface area contributed by atoms with Crippen molar-refractivity contribution in [3.63, 3.8) is 0 Å². The average Bonchev–Trinajstić information content (AvgIpc) is 2.17. The number of nitrogens with zero attached hydrogens (tertiary/aromatic N) is 1. The van der Waals surface area contributed by atoms with E-state index < -0.39 is 4.92 Å². The van der Waals surface area contributed by atoms with Crippen molar-refractivity contribution < 1.29 is 9.72 Å². The summed E-state index contributed by atoms with van der Waals surface area (Å²) in [5.41, 5.74) is 1.07. The SMILES string of the molecule is CNC(=O)Nc1ccc([N+](=O)[O-])c(C)c1. The Kier molecular flexibility index (Phi) is 3.22. The molecule has 6 nitrogen and oxygen atoms in total. The summed E-state index contributed by atoms with van der Waals surface area (Å²) < 4.78 is 0. The van der Waals surface area contributed by atoms with Gasteiger partial charge in [0.05, 0.1) is 4.92 Å². The fourth-order valence-electron chi connectivity index (χ4n) is 1.13. The van der Waals surface area contributed by atoms with E-state index in [-0.39, 0.29) is 11.7 Å². The van der Waals surface area contributed by atoms with Gasteiger partial charge in [-0.1, -0.05) is 0 Å². The first kappa shape index (κ1) is 11.0. The number of hydrogen-bond donors (Lipinski definition) is 2. The molecular weight excluding hydrogens is 198 g/mol. The van der Waals surface area contributed by atoms with E-state index in [1.54, 1.807) is 13.0 Å². The number of amides is 2. The van der Waals surface area contributed by atoms with Crippen LogP contribution in [0.3, 0.4) is 0 Å². The van der Waals surface area contributed by atoms with Crippen LogP contribution in [0.4, 0.5) is 16.2 Å². The predicted molar refractivity (Wildman–Crippen MR) is 55.9 cm³/mol. The van der Waals surface area contributed by atoms with Crippen LogP contribution < -0.4 is 10.6 Å². The number of carbonyl (C=O) groups is 1. The van der Waals surface area contributed by atoms with E-state index in [1.165, 1.54) is 19.2 Å². The maximum Gasteiger partial charge on any atom is 0.318 e. The van der Waals surface area contributed by atoms with Crippen molar-refractivity contribution in [2.75, 3.05) is 12.4 Å². The zero-order valence-electron chi connectivity index (χ0n) is 8.40. The normalized spacial score (nSPS) is 9.47. The summed E-state index contributed by atoms with van der Waals surface area (Å²) in [5.74, 6) is 0. The minimum Gasteiger partial charge on any atom is -0.341 e. The summed E-state index contributed by atoms with van der Waals surface area (Å²) in [7, 11) is 1.49. The van der Waals surface area contributed by atoms with Gasteiger partial charge >= 0.3 is 6.03 Å². The van der Waals surface area contributed by atoms with Gasteiger partial charge in [-0.05, 0) is 19.1 Å². The first-order chi connectivity index (χ1) is 7.04. The van der Waals surface area contributed by atoms with Gasteiger partial charge in [0, 0.05) is 24.4 Å². The van der Waals surface area contributed by atoms with Crippen molar-refractivity contribution in [3.05, 3.63) is 33.9 Å². The number of rotatable bonds is 2. The number of carbonyl (C=O) groups excluding carboxylic acids is 1. The lowest BCUT2D eigenvalue weighted by molar-refractivity contribution is -0.385. The van der Waals surface area contributed by atoms with Crippen LogP contribution in [0.5, 0.6) is 0 Å². The number of anilines is 1. The van der Waals surface area contributed by atoms with Crippen LogP contribution in [0, 0.1) is 17.0 Å². The molecule has 0 bridgehead atoms. The second kappa shape index (κ2) is 4.41. The largest absolute Gasteiger partial charge is 0.341 e. The lowest BCUT2D eigenvalue weighted by atomic mass is 10.2. The standard InChI is InChI=1S/C9H11N3O3/c1-6-5-7(11-9(13)10-2)3-4-8(6)12(14)15/h3-5H,1-2H3,(H2,10,11,13). The van der Waals surface area contributed by atoms with Gasteiger partial charge in [0.15, 0.2) is 0 Å². The topological polar surface area (TPSA) is 84.3 Å². The molecule has 0 aliphatic carbocycles. The molecule has 0 saturated heterocycles. The summed E-state index contributed by atoms with van der Waals surface area (Å²) in [5, 5.41) is 15.4. The first-order valence-electron chi connectivity index (χ1n) is 4.28. The van der Waals surface area contributed by atoms with Crippen LogP contribution in [-0.4, -0.2) is 18.0 Å². The molecule has 80 valence electrons. The van der Waals surface area contributed by atoms with Gasteiger partial charge < -0.3 is 10.6 Å². The van der Waals surface area contributed by atoms with Crippen molar-refractivity contribution in [3.8, 4) is 0 Å². The fourth-order valence-corrected chi connectivity index (χ4v) is 1.13. The van der Waals surface area contributed by atoms with E-state index in [2.05, 4.69) is 10.6 Å². The Bertz CT molecular complexity index is 404. The summed E-state index contributed by atoms with van der Waals surface area (Å²) in [6.45, 7) is 1.62. The highest BCUT2D eigenvalue weighted by atomic mass is 16.6. The molecule has 0 aliphatic rings. The highest BCUT2D eigenvalue weighted by molar-refractivity contribution is 5.89. The smallest absolute Gasteiger partial charge is 0.318 e. The van der Waals surface area contributed by atoms with Crippen molar-refractivity contribution in [2.45, 2.75) is 6.92 Å². The third-order valence-electron chi connectivity index (χ3n) is 1.88. The molecule has 0 fully saturated rings. The summed E-state index contributed by atoms with van der Waals surface area (Å²) >= 11 is 0. The Morgan fingerprint density at radius 3 is 2.60 bits per heavy atom. The first-order valence-corrected chi connectivity index (χ1v) is 4.28. The Morgan fingerprint density at radius 1 is 1.47 bits per heavy atom. The third kappa shape index (κ3) is 2.67. The van der Waals surface area contributed by atoms with Crippen LogP contribution in [0.15, 0.2) is 18.2 Å². The van der Waals surface area contributed by atoms with Crippen molar-refractivity contribution in [1.82, 2.24) is 5.32 Å². The van der Waals surface area contributed by atoms with E-state index in [1.807, 2.05) is 0 Å². The van der Waals surface area contributed by atoms with Gasteiger partial charge in [0.2, 0.25) is 0 Å². The van der Waals surface area contributed by atoms with Gasteiger partial charge in [-0.3, -0.25) is 10.1 Å². The third-order valence-corrected chi connectivity index (χ3v) is 1.88. The van der Waals surface area contributed by atoms with Crippen LogP contribution >= 0.6 is 0 Å². The number of nitro groups is 1. The molecule has 0 saturated carbocycles.